The fourth-order valence-corrected chi connectivity index (χ4v) is 6.15. The molecule has 1 fully saturated rings. The van der Waals surface area contributed by atoms with Crippen molar-refractivity contribution in [2.45, 2.75) is 116 Å². The van der Waals surface area contributed by atoms with Gasteiger partial charge in [-0.3, -0.25) is 14.4 Å². The molecule has 4 amide bonds. The molecule has 294 valence electrons. The van der Waals surface area contributed by atoms with Gasteiger partial charge in [-0.15, -0.1) is 0 Å². The topological polar surface area (TPSA) is 121 Å². The van der Waals surface area contributed by atoms with Gasteiger partial charge in [-0.2, -0.15) is 35.1 Å². The van der Waals surface area contributed by atoms with Gasteiger partial charge in [0.05, 0.1) is 29.4 Å². The average Bonchev–Trinajstić information content (AvgIpc) is 2.98. The quantitative estimate of drug-likeness (QED) is 0.218. The second kappa shape index (κ2) is 16.0. The Morgan fingerprint density at radius 3 is 2.21 bits per heavy atom. The van der Waals surface area contributed by atoms with Crippen molar-refractivity contribution < 1.29 is 63.8 Å². The number of fused-ring (bicyclic) bond motifs is 1. The molecule has 11 nitrogen and oxygen atoms in total. The first-order valence-electron chi connectivity index (χ1n) is 16.7. The molecule has 0 spiro atoms. The molecular formula is C33H45F8N5O6. The molecule has 2 atom stereocenters. The third-order valence-corrected chi connectivity index (χ3v) is 8.36. The zero-order chi connectivity index (χ0) is 39.6. The van der Waals surface area contributed by atoms with E-state index < -0.39 is 108 Å². The molecule has 0 bridgehead atoms. The van der Waals surface area contributed by atoms with Crippen molar-refractivity contribution in [2.24, 2.45) is 0 Å². The Labute approximate surface area is 296 Å². The summed E-state index contributed by atoms with van der Waals surface area (Å²) in [6.07, 6.45) is -13.3. The van der Waals surface area contributed by atoms with Crippen molar-refractivity contribution in [3.8, 4) is 5.75 Å². The highest BCUT2D eigenvalue weighted by Gasteiger charge is 2.46. The van der Waals surface area contributed by atoms with E-state index in [0.29, 0.717) is 6.07 Å². The number of amides is 4. The zero-order valence-corrected chi connectivity index (χ0v) is 29.9. The van der Waals surface area contributed by atoms with Crippen LogP contribution in [0.15, 0.2) is 12.1 Å². The summed E-state index contributed by atoms with van der Waals surface area (Å²) in [6.45, 7) is 8.00. The van der Waals surface area contributed by atoms with Crippen LogP contribution in [0.25, 0.3) is 0 Å². The average molecular weight is 760 g/mol. The van der Waals surface area contributed by atoms with Gasteiger partial charge in [0.15, 0.2) is 5.60 Å². The Bertz CT molecular complexity index is 1480. The number of carbonyl (C=O) groups is 4. The van der Waals surface area contributed by atoms with Crippen molar-refractivity contribution in [3.63, 3.8) is 0 Å². The molecular weight excluding hydrogens is 714 g/mol. The number of benzene rings is 1. The summed E-state index contributed by atoms with van der Waals surface area (Å²) in [4.78, 5) is 55.9. The number of rotatable bonds is 11. The summed E-state index contributed by atoms with van der Waals surface area (Å²) in [6, 6.07) is -0.804. The SMILES string of the molecule is CC(C)N(C(=O)c1cc2c(cc1C(F)(F)F)OC(C)(C)C(=O)N2CCNC(=O)C(F)F)C1CC[C@H](CCNCC(F)(F)F)N(C(=O)OC(C)(C)C)C1. The lowest BCUT2D eigenvalue weighted by atomic mass is 9.93. The van der Waals surface area contributed by atoms with E-state index in [1.165, 1.54) is 23.6 Å². The highest BCUT2D eigenvalue weighted by Crippen LogP contribution is 2.44. The molecule has 19 heteroatoms. The zero-order valence-electron chi connectivity index (χ0n) is 29.9. The smallest absolute Gasteiger partial charge is 0.417 e. The highest BCUT2D eigenvalue weighted by molar-refractivity contribution is 6.05. The number of alkyl halides is 8. The number of piperidine rings is 1. The maximum atomic E-state index is 14.6. The van der Waals surface area contributed by atoms with E-state index in [9.17, 15) is 54.3 Å². The highest BCUT2D eigenvalue weighted by atomic mass is 19.4. The van der Waals surface area contributed by atoms with Gasteiger partial charge in [-0.1, -0.05) is 0 Å². The van der Waals surface area contributed by atoms with Gasteiger partial charge in [-0.25, -0.2) is 4.79 Å². The van der Waals surface area contributed by atoms with Crippen molar-refractivity contribution in [3.05, 3.63) is 23.3 Å². The van der Waals surface area contributed by atoms with Gasteiger partial charge < -0.3 is 34.8 Å². The van der Waals surface area contributed by atoms with Crippen LogP contribution in [-0.2, 0) is 20.5 Å². The van der Waals surface area contributed by atoms with E-state index in [1.807, 2.05) is 5.32 Å². The molecule has 2 aliphatic rings. The second-order valence-electron chi connectivity index (χ2n) is 14.4. The molecule has 0 aromatic heterocycles. The number of nitrogens with zero attached hydrogens (tertiary/aromatic N) is 3. The van der Waals surface area contributed by atoms with Crippen LogP contribution in [0.4, 0.5) is 45.6 Å². The molecule has 1 saturated heterocycles. The lowest BCUT2D eigenvalue weighted by Crippen LogP contribution is -2.58. The van der Waals surface area contributed by atoms with Crippen LogP contribution < -0.4 is 20.3 Å². The molecule has 2 heterocycles. The Kier molecular flexibility index (Phi) is 13.1. The second-order valence-corrected chi connectivity index (χ2v) is 14.4. The molecule has 52 heavy (non-hydrogen) atoms. The third-order valence-electron chi connectivity index (χ3n) is 8.36. The normalized spacial score (nSPS) is 19.4. The van der Waals surface area contributed by atoms with E-state index in [1.54, 1.807) is 34.6 Å². The van der Waals surface area contributed by atoms with Gasteiger partial charge >= 0.3 is 24.9 Å². The summed E-state index contributed by atoms with van der Waals surface area (Å²) >= 11 is 0. The standard InChI is InChI=1S/C33H45F8N5O6/c1-18(2)46(20-9-8-19(10-11-42-17-32(36,37)38)45(16-20)29(50)52-30(3,4)5)27(48)21-14-23-24(15-22(21)33(39,40)41)51-31(6,7)28(49)44(23)13-12-43-26(47)25(34)35/h14-15,18-20,25,42H,8-13,16-17H2,1-7H3,(H,43,47)/t19-,20?/m1/s1. The number of likely N-dealkylation sites (tertiary alicyclic amines) is 1. The largest absolute Gasteiger partial charge is 0.476 e. The molecule has 0 saturated carbocycles. The summed E-state index contributed by atoms with van der Waals surface area (Å²) in [5.74, 6) is -3.92. The minimum absolute atomic E-state index is 0.0959. The minimum atomic E-state index is -5.10. The molecule has 1 aromatic carbocycles. The molecule has 0 aliphatic carbocycles. The van der Waals surface area contributed by atoms with Crippen molar-refractivity contribution in [1.29, 1.82) is 0 Å². The third kappa shape index (κ3) is 10.8. The van der Waals surface area contributed by atoms with Crippen LogP contribution in [0.2, 0.25) is 0 Å². The number of ether oxygens (including phenoxy) is 2. The molecule has 3 rings (SSSR count). The number of halogens is 8. The summed E-state index contributed by atoms with van der Waals surface area (Å²) in [5, 5.41) is 4.22. The van der Waals surface area contributed by atoms with Crippen LogP contribution in [0, 0.1) is 0 Å². The van der Waals surface area contributed by atoms with Crippen molar-refractivity contribution in [2.75, 3.05) is 37.6 Å². The fraction of sp³-hybridized carbons (Fsp3) is 0.697. The lowest BCUT2D eigenvalue weighted by Gasteiger charge is -2.45. The fourth-order valence-electron chi connectivity index (χ4n) is 6.15. The predicted octanol–water partition coefficient (Wildman–Crippen LogP) is 5.75. The number of hydrogen-bond donors (Lipinski definition) is 2. The maximum absolute atomic E-state index is 14.6. The number of nitrogens with one attached hydrogen (secondary N) is 2. The van der Waals surface area contributed by atoms with E-state index >= 15 is 0 Å². The van der Waals surface area contributed by atoms with Crippen LogP contribution in [0.3, 0.4) is 0 Å². The Hall–Kier alpha value is -3.90. The monoisotopic (exact) mass is 759 g/mol. The van der Waals surface area contributed by atoms with Gasteiger partial charge in [0.2, 0.25) is 0 Å². The van der Waals surface area contributed by atoms with Gasteiger partial charge in [0.25, 0.3) is 17.7 Å². The molecule has 2 aliphatic heterocycles. The first-order chi connectivity index (χ1) is 23.7. The first-order valence-corrected chi connectivity index (χ1v) is 16.7. The van der Waals surface area contributed by atoms with Crippen LogP contribution >= 0.6 is 0 Å². The molecule has 0 radical (unpaired) electrons. The minimum Gasteiger partial charge on any atom is -0.476 e. The van der Waals surface area contributed by atoms with E-state index in [2.05, 4.69) is 5.32 Å². The van der Waals surface area contributed by atoms with E-state index in [0.717, 1.165) is 11.0 Å². The Morgan fingerprint density at radius 1 is 1.04 bits per heavy atom. The van der Waals surface area contributed by atoms with Crippen molar-refractivity contribution in [1.82, 2.24) is 20.4 Å². The first kappa shape index (κ1) is 42.5. The summed E-state index contributed by atoms with van der Waals surface area (Å²) < 4.78 is 119. The van der Waals surface area contributed by atoms with E-state index in [4.69, 9.17) is 9.47 Å². The summed E-state index contributed by atoms with van der Waals surface area (Å²) in [5.41, 5.74) is -5.18. The Morgan fingerprint density at radius 2 is 1.67 bits per heavy atom. The van der Waals surface area contributed by atoms with Crippen LogP contribution in [-0.4, -0.2) is 108 Å². The molecule has 1 unspecified atom stereocenters. The Balaban J connectivity index is 2.03. The predicted molar refractivity (Wildman–Crippen MR) is 172 cm³/mol. The van der Waals surface area contributed by atoms with Crippen LogP contribution in [0.1, 0.15) is 83.7 Å². The molecule has 1 aromatic rings. The number of carbonyl (C=O) groups excluding carboxylic acids is 4. The lowest BCUT2D eigenvalue weighted by molar-refractivity contribution is -0.138. The maximum Gasteiger partial charge on any atom is 0.417 e. The summed E-state index contributed by atoms with van der Waals surface area (Å²) in [7, 11) is 0. The van der Waals surface area contributed by atoms with Crippen LogP contribution in [0.5, 0.6) is 5.75 Å². The van der Waals surface area contributed by atoms with E-state index in [-0.39, 0.29) is 38.0 Å². The van der Waals surface area contributed by atoms with Crippen molar-refractivity contribution >= 4 is 29.5 Å². The molecule has 2 N–H and O–H groups in total. The number of anilines is 1. The van der Waals surface area contributed by atoms with Gasteiger partial charge in [-0.05, 0) is 86.4 Å². The van der Waals surface area contributed by atoms with Gasteiger partial charge in [0, 0.05) is 31.7 Å². The van der Waals surface area contributed by atoms with Gasteiger partial charge in [0.1, 0.15) is 11.4 Å². The number of hydrogen-bond acceptors (Lipinski definition) is 7.